The first-order valence-electron chi connectivity index (χ1n) is 7.37. The second-order valence-electron chi connectivity index (χ2n) is 5.40. The van der Waals surface area contributed by atoms with Gasteiger partial charge in [-0.25, -0.2) is 5.84 Å². The lowest BCUT2D eigenvalue weighted by Gasteiger charge is -2.08. The lowest BCUT2D eigenvalue weighted by molar-refractivity contribution is 0.0948. The SMILES string of the molecule is Cc1ccc(Cn2nc(C(=O)NN)cc2-c2ccccc2)cc1. The van der Waals surface area contributed by atoms with Crippen molar-refractivity contribution in [1.82, 2.24) is 15.2 Å². The molecule has 1 aromatic heterocycles. The van der Waals surface area contributed by atoms with Crippen molar-refractivity contribution >= 4 is 5.91 Å². The van der Waals surface area contributed by atoms with Crippen LogP contribution in [0.3, 0.4) is 0 Å². The zero-order chi connectivity index (χ0) is 16.2. The van der Waals surface area contributed by atoms with Gasteiger partial charge in [-0.1, -0.05) is 60.2 Å². The maximum Gasteiger partial charge on any atom is 0.285 e. The maximum atomic E-state index is 11.8. The molecule has 0 bridgehead atoms. The summed E-state index contributed by atoms with van der Waals surface area (Å²) in [6.07, 6.45) is 0. The fourth-order valence-corrected chi connectivity index (χ4v) is 2.43. The number of rotatable bonds is 4. The third-order valence-electron chi connectivity index (χ3n) is 3.67. The van der Waals surface area contributed by atoms with Crippen molar-refractivity contribution in [3.63, 3.8) is 0 Å². The molecule has 3 rings (SSSR count). The third kappa shape index (κ3) is 3.30. The van der Waals surface area contributed by atoms with E-state index in [9.17, 15) is 4.79 Å². The summed E-state index contributed by atoms with van der Waals surface area (Å²) in [6.45, 7) is 2.64. The highest BCUT2D eigenvalue weighted by Gasteiger charge is 2.15. The molecule has 0 aliphatic carbocycles. The van der Waals surface area contributed by atoms with Crippen LogP contribution in [0, 0.1) is 6.92 Å². The van der Waals surface area contributed by atoms with Crippen molar-refractivity contribution in [3.05, 3.63) is 77.5 Å². The molecule has 0 spiro atoms. The molecule has 0 saturated heterocycles. The minimum absolute atomic E-state index is 0.304. The Morgan fingerprint density at radius 1 is 1.13 bits per heavy atom. The average molecular weight is 306 g/mol. The molecule has 0 atom stereocenters. The smallest absolute Gasteiger partial charge is 0.285 e. The molecule has 0 unspecified atom stereocenters. The van der Waals surface area contributed by atoms with E-state index in [2.05, 4.69) is 41.7 Å². The van der Waals surface area contributed by atoms with Crippen LogP contribution in [0.4, 0.5) is 0 Å². The fraction of sp³-hybridized carbons (Fsp3) is 0.111. The molecule has 0 radical (unpaired) electrons. The van der Waals surface area contributed by atoms with Gasteiger partial charge in [0.05, 0.1) is 12.2 Å². The summed E-state index contributed by atoms with van der Waals surface area (Å²) in [6, 6.07) is 19.9. The molecule has 2 aromatic carbocycles. The summed E-state index contributed by atoms with van der Waals surface area (Å²) < 4.78 is 1.82. The van der Waals surface area contributed by atoms with Gasteiger partial charge in [0.1, 0.15) is 0 Å². The van der Waals surface area contributed by atoms with Crippen LogP contribution in [0.5, 0.6) is 0 Å². The van der Waals surface area contributed by atoms with Gasteiger partial charge < -0.3 is 0 Å². The predicted molar refractivity (Wildman–Crippen MR) is 89.6 cm³/mol. The Morgan fingerprint density at radius 3 is 2.48 bits per heavy atom. The molecule has 0 aliphatic heterocycles. The minimum atomic E-state index is -0.398. The molecule has 0 saturated carbocycles. The standard InChI is InChI=1S/C18H18N4O/c1-13-7-9-14(10-8-13)12-22-17(15-5-3-2-4-6-15)11-16(21-22)18(23)20-19/h2-11H,12,19H2,1H3,(H,20,23). The van der Waals surface area contributed by atoms with Gasteiger partial charge in [-0.2, -0.15) is 5.10 Å². The lowest BCUT2D eigenvalue weighted by Crippen LogP contribution is -2.30. The van der Waals surface area contributed by atoms with Crippen LogP contribution >= 0.6 is 0 Å². The van der Waals surface area contributed by atoms with Crippen molar-refractivity contribution < 1.29 is 4.79 Å². The van der Waals surface area contributed by atoms with E-state index in [-0.39, 0.29) is 0 Å². The molecule has 1 amide bonds. The van der Waals surface area contributed by atoms with Gasteiger partial charge in [0.2, 0.25) is 0 Å². The van der Waals surface area contributed by atoms with E-state index in [1.165, 1.54) is 5.56 Å². The third-order valence-corrected chi connectivity index (χ3v) is 3.67. The van der Waals surface area contributed by atoms with Crippen LogP contribution in [0.2, 0.25) is 0 Å². The number of benzene rings is 2. The second-order valence-corrected chi connectivity index (χ2v) is 5.40. The van der Waals surface area contributed by atoms with Crippen LogP contribution in [0.15, 0.2) is 60.7 Å². The van der Waals surface area contributed by atoms with Crippen LogP contribution in [-0.2, 0) is 6.54 Å². The van der Waals surface area contributed by atoms with E-state index in [0.717, 1.165) is 16.8 Å². The monoisotopic (exact) mass is 306 g/mol. The molecule has 0 aliphatic rings. The summed E-state index contributed by atoms with van der Waals surface area (Å²) in [5.74, 6) is 4.82. The Kier molecular flexibility index (Phi) is 4.21. The van der Waals surface area contributed by atoms with Crippen molar-refractivity contribution in [2.45, 2.75) is 13.5 Å². The quantitative estimate of drug-likeness (QED) is 0.442. The van der Waals surface area contributed by atoms with Crippen molar-refractivity contribution in [1.29, 1.82) is 0 Å². The first-order valence-corrected chi connectivity index (χ1v) is 7.37. The number of aryl methyl sites for hydroxylation is 1. The van der Waals surface area contributed by atoms with Gasteiger partial charge in [-0.3, -0.25) is 14.9 Å². The van der Waals surface area contributed by atoms with E-state index in [1.807, 2.05) is 35.0 Å². The zero-order valence-electron chi connectivity index (χ0n) is 12.9. The van der Waals surface area contributed by atoms with Crippen LogP contribution in [0.25, 0.3) is 11.3 Å². The van der Waals surface area contributed by atoms with Gasteiger partial charge >= 0.3 is 0 Å². The molecular weight excluding hydrogens is 288 g/mol. The molecule has 5 nitrogen and oxygen atoms in total. The molecule has 23 heavy (non-hydrogen) atoms. The van der Waals surface area contributed by atoms with E-state index < -0.39 is 5.91 Å². The summed E-state index contributed by atoms with van der Waals surface area (Å²) in [7, 11) is 0. The molecule has 116 valence electrons. The molecular formula is C18H18N4O. The van der Waals surface area contributed by atoms with Gasteiger partial charge in [0, 0.05) is 0 Å². The summed E-state index contributed by atoms with van der Waals surface area (Å²) in [5.41, 5.74) is 6.65. The molecule has 3 N–H and O–H groups in total. The first kappa shape index (κ1) is 15.0. The highest BCUT2D eigenvalue weighted by atomic mass is 16.2. The Labute approximate surface area is 134 Å². The number of hydrazine groups is 1. The predicted octanol–water partition coefficient (Wildman–Crippen LogP) is 2.51. The molecule has 0 fully saturated rings. The van der Waals surface area contributed by atoms with E-state index in [1.54, 1.807) is 6.07 Å². The Hall–Kier alpha value is -2.92. The highest BCUT2D eigenvalue weighted by molar-refractivity contribution is 5.93. The number of nitrogens with two attached hydrogens (primary N) is 1. The number of hydrogen-bond donors (Lipinski definition) is 2. The number of carbonyl (C=O) groups is 1. The highest BCUT2D eigenvalue weighted by Crippen LogP contribution is 2.21. The topological polar surface area (TPSA) is 72.9 Å². The molecule has 3 aromatic rings. The van der Waals surface area contributed by atoms with Gasteiger partial charge in [-0.05, 0) is 24.1 Å². The van der Waals surface area contributed by atoms with Crippen LogP contribution in [0.1, 0.15) is 21.6 Å². The number of aromatic nitrogens is 2. The van der Waals surface area contributed by atoms with Crippen LogP contribution in [-0.4, -0.2) is 15.7 Å². The fourth-order valence-electron chi connectivity index (χ4n) is 2.43. The minimum Gasteiger partial charge on any atom is -0.289 e. The largest absolute Gasteiger partial charge is 0.289 e. The van der Waals surface area contributed by atoms with Crippen LogP contribution < -0.4 is 11.3 Å². The summed E-state index contributed by atoms with van der Waals surface area (Å²) in [5, 5.41) is 4.40. The Bertz CT molecular complexity index is 807. The van der Waals surface area contributed by atoms with E-state index in [0.29, 0.717) is 12.2 Å². The van der Waals surface area contributed by atoms with Crippen molar-refractivity contribution in [3.8, 4) is 11.3 Å². The Morgan fingerprint density at radius 2 is 1.83 bits per heavy atom. The van der Waals surface area contributed by atoms with Gasteiger partial charge in [0.15, 0.2) is 5.69 Å². The second kappa shape index (κ2) is 6.46. The summed E-state index contributed by atoms with van der Waals surface area (Å²) in [4.78, 5) is 11.8. The zero-order valence-corrected chi connectivity index (χ0v) is 12.9. The number of nitrogens with zero attached hydrogens (tertiary/aromatic N) is 2. The Balaban J connectivity index is 2.01. The number of nitrogen functional groups attached to an aromatic ring is 1. The molecule has 1 heterocycles. The number of amides is 1. The van der Waals surface area contributed by atoms with Gasteiger partial charge in [0.25, 0.3) is 5.91 Å². The van der Waals surface area contributed by atoms with Crippen molar-refractivity contribution in [2.24, 2.45) is 5.84 Å². The summed E-state index contributed by atoms with van der Waals surface area (Å²) >= 11 is 0. The van der Waals surface area contributed by atoms with Gasteiger partial charge in [-0.15, -0.1) is 0 Å². The normalized spacial score (nSPS) is 10.5. The average Bonchev–Trinajstić information content (AvgIpc) is 3.01. The number of carbonyl (C=O) groups excluding carboxylic acids is 1. The lowest BCUT2D eigenvalue weighted by atomic mass is 10.1. The first-order chi connectivity index (χ1) is 11.2. The van der Waals surface area contributed by atoms with E-state index in [4.69, 9.17) is 5.84 Å². The molecule has 5 heteroatoms. The maximum absolute atomic E-state index is 11.8. The van der Waals surface area contributed by atoms with E-state index >= 15 is 0 Å². The number of nitrogens with one attached hydrogen (secondary N) is 1. The number of hydrogen-bond acceptors (Lipinski definition) is 3. The van der Waals surface area contributed by atoms with Crippen molar-refractivity contribution in [2.75, 3.05) is 0 Å².